The van der Waals surface area contributed by atoms with E-state index < -0.39 is 0 Å². The number of carbonyl (C=O) groups excluding carboxylic acids is 2. The standard InChI is InChI=1S/C19H22N4O3/c1-26-16-6-4-5-14(11-16)19(25)21-12-18(24)22-15-8-10-23(13-15)17-7-2-3-9-20-17/h2-7,9,11,15H,8,10,12-13H2,1H3,(H,21,25)(H,22,24). The summed E-state index contributed by atoms with van der Waals surface area (Å²) in [6, 6.07) is 12.6. The van der Waals surface area contributed by atoms with Crippen LogP contribution < -0.4 is 20.3 Å². The van der Waals surface area contributed by atoms with Gasteiger partial charge in [-0.1, -0.05) is 12.1 Å². The highest BCUT2D eigenvalue weighted by Gasteiger charge is 2.24. The van der Waals surface area contributed by atoms with Crippen LogP contribution in [-0.4, -0.2) is 49.6 Å². The normalized spacial score (nSPS) is 16.2. The molecular weight excluding hydrogens is 332 g/mol. The minimum atomic E-state index is -0.305. The van der Waals surface area contributed by atoms with Gasteiger partial charge in [-0.25, -0.2) is 4.98 Å². The molecule has 2 amide bonds. The highest BCUT2D eigenvalue weighted by Crippen LogP contribution is 2.17. The van der Waals surface area contributed by atoms with Gasteiger partial charge in [-0.15, -0.1) is 0 Å². The average Bonchev–Trinajstić information content (AvgIpc) is 3.15. The molecule has 3 rings (SSSR count). The molecule has 1 fully saturated rings. The average molecular weight is 354 g/mol. The third-order valence-electron chi connectivity index (χ3n) is 4.27. The predicted molar refractivity (Wildman–Crippen MR) is 98.3 cm³/mol. The van der Waals surface area contributed by atoms with Crippen LogP contribution in [0.25, 0.3) is 0 Å². The first-order valence-electron chi connectivity index (χ1n) is 8.53. The lowest BCUT2D eigenvalue weighted by atomic mass is 10.2. The maximum atomic E-state index is 12.1. The maximum absolute atomic E-state index is 12.1. The molecule has 0 aliphatic carbocycles. The molecule has 0 radical (unpaired) electrons. The first kappa shape index (κ1) is 17.7. The quantitative estimate of drug-likeness (QED) is 0.815. The van der Waals surface area contributed by atoms with Gasteiger partial charge in [0, 0.05) is 30.9 Å². The molecule has 7 nitrogen and oxygen atoms in total. The first-order chi connectivity index (χ1) is 12.7. The fourth-order valence-electron chi connectivity index (χ4n) is 2.93. The van der Waals surface area contributed by atoms with E-state index in [9.17, 15) is 9.59 Å². The lowest BCUT2D eigenvalue weighted by Crippen LogP contribution is -2.43. The largest absolute Gasteiger partial charge is 0.497 e. The first-order valence-corrected chi connectivity index (χ1v) is 8.53. The number of hydrogen-bond acceptors (Lipinski definition) is 5. The summed E-state index contributed by atoms with van der Waals surface area (Å²) >= 11 is 0. The Hall–Kier alpha value is -3.09. The number of nitrogens with one attached hydrogen (secondary N) is 2. The van der Waals surface area contributed by atoms with E-state index in [0.29, 0.717) is 17.9 Å². The van der Waals surface area contributed by atoms with E-state index in [-0.39, 0.29) is 24.4 Å². The molecule has 26 heavy (non-hydrogen) atoms. The Bertz CT molecular complexity index is 766. The van der Waals surface area contributed by atoms with Gasteiger partial charge < -0.3 is 20.3 Å². The van der Waals surface area contributed by atoms with Crippen molar-refractivity contribution in [3.8, 4) is 5.75 Å². The highest BCUT2D eigenvalue weighted by molar-refractivity contribution is 5.96. The Labute approximate surface area is 152 Å². The molecule has 7 heteroatoms. The maximum Gasteiger partial charge on any atom is 0.251 e. The van der Waals surface area contributed by atoms with Crippen LogP contribution in [0.1, 0.15) is 16.8 Å². The molecule has 1 saturated heterocycles. The van der Waals surface area contributed by atoms with Crippen molar-refractivity contribution in [2.24, 2.45) is 0 Å². The Morgan fingerprint density at radius 1 is 1.27 bits per heavy atom. The van der Waals surface area contributed by atoms with Crippen LogP contribution in [0.2, 0.25) is 0 Å². The van der Waals surface area contributed by atoms with Crippen LogP contribution in [0.5, 0.6) is 5.75 Å². The second-order valence-corrected chi connectivity index (χ2v) is 6.10. The minimum absolute atomic E-state index is 0.0539. The third kappa shape index (κ3) is 4.50. The van der Waals surface area contributed by atoms with E-state index in [1.165, 1.54) is 0 Å². The smallest absolute Gasteiger partial charge is 0.251 e. The summed E-state index contributed by atoms with van der Waals surface area (Å²) in [6.45, 7) is 1.50. The van der Waals surface area contributed by atoms with E-state index >= 15 is 0 Å². The summed E-state index contributed by atoms with van der Waals surface area (Å²) < 4.78 is 5.10. The molecule has 0 bridgehead atoms. The predicted octanol–water partition coefficient (Wildman–Crippen LogP) is 1.22. The SMILES string of the molecule is COc1cccc(C(=O)NCC(=O)NC2CCN(c3ccccn3)C2)c1. The second kappa shape index (κ2) is 8.33. The number of amides is 2. The van der Waals surface area contributed by atoms with E-state index in [1.54, 1.807) is 37.6 Å². The molecular formula is C19H22N4O3. The van der Waals surface area contributed by atoms with Gasteiger partial charge in [0.25, 0.3) is 5.91 Å². The van der Waals surface area contributed by atoms with Crippen molar-refractivity contribution in [3.63, 3.8) is 0 Å². The summed E-state index contributed by atoms with van der Waals surface area (Å²) in [7, 11) is 1.54. The van der Waals surface area contributed by atoms with Crippen LogP contribution in [-0.2, 0) is 4.79 Å². The number of hydrogen-bond donors (Lipinski definition) is 2. The summed E-state index contributed by atoms with van der Waals surface area (Å²) in [6.07, 6.45) is 2.61. The Morgan fingerprint density at radius 2 is 2.15 bits per heavy atom. The molecule has 1 aromatic heterocycles. The number of ether oxygens (including phenoxy) is 1. The fourth-order valence-corrected chi connectivity index (χ4v) is 2.93. The van der Waals surface area contributed by atoms with Crippen LogP contribution in [0, 0.1) is 0 Å². The summed E-state index contributed by atoms with van der Waals surface area (Å²) in [4.78, 5) is 30.7. The van der Waals surface area contributed by atoms with E-state index in [1.807, 2.05) is 18.2 Å². The molecule has 2 heterocycles. The molecule has 2 aromatic rings. The van der Waals surface area contributed by atoms with E-state index in [4.69, 9.17) is 4.74 Å². The number of pyridine rings is 1. The lowest BCUT2D eigenvalue weighted by Gasteiger charge is -2.17. The van der Waals surface area contributed by atoms with Crippen molar-refractivity contribution in [3.05, 3.63) is 54.2 Å². The molecule has 1 aliphatic rings. The molecule has 1 atom stereocenters. The topological polar surface area (TPSA) is 83.6 Å². The van der Waals surface area contributed by atoms with Crippen LogP contribution in [0.4, 0.5) is 5.82 Å². The monoisotopic (exact) mass is 354 g/mol. The van der Waals surface area contributed by atoms with Crippen LogP contribution >= 0.6 is 0 Å². The number of benzene rings is 1. The number of carbonyl (C=O) groups is 2. The Kier molecular flexibility index (Phi) is 5.68. The zero-order valence-electron chi connectivity index (χ0n) is 14.6. The Balaban J connectivity index is 1.45. The van der Waals surface area contributed by atoms with Gasteiger partial charge in [-0.2, -0.15) is 0 Å². The highest BCUT2D eigenvalue weighted by atomic mass is 16.5. The molecule has 1 unspecified atom stereocenters. The van der Waals surface area contributed by atoms with Crippen molar-refractivity contribution < 1.29 is 14.3 Å². The molecule has 1 aliphatic heterocycles. The fraction of sp³-hybridized carbons (Fsp3) is 0.316. The summed E-state index contributed by atoms with van der Waals surface area (Å²) in [5.74, 6) is 1.01. The van der Waals surface area contributed by atoms with Crippen molar-refractivity contribution in [2.75, 3.05) is 31.6 Å². The number of rotatable bonds is 6. The van der Waals surface area contributed by atoms with E-state index in [0.717, 1.165) is 18.8 Å². The minimum Gasteiger partial charge on any atom is -0.497 e. The number of anilines is 1. The zero-order valence-corrected chi connectivity index (χ0v) is 14.6. The van der Waals surface area contributed by atoms with E-state index in [2.05, 4.69) is 20.5 Å². The summed E-state index contributed by atoms with van der Waals surface area (Å²) in [5, 5.41) is 5.59. The molecule has 136 valence electrons. The number of nitrogens with zero attached hydrogens (tertiary/aromatic N) is 2. The van der Waals surface area contributed by atoms with Gasteiger partial charge in [0.05, 0.1) is 13.7 Å². The van der Waals surface area contributed by atoms with Crippen molar-refractivity contribution in [1.82, 2.24) is 15.6 Å². The Morgan fingerprint density at radius 3 is 2.92 bits per heavy atom. The van der Waals surface area contributed by atoms with Crippen LogP contribution in [0.3, 0.4) is 0 Å². The molecule has 1 aromatic carbocycles. The zero-order chi connectivity index (χ0) is 18.4. The van der Waals surface area contributed by atoms with Gasteiger partial charge in [0.1, 0.15) is 11.6 Å². The van der Waals surface area contributed by atoms with Crippen molar-refractivity contribution in [1.29, 1.82) is 0 Å². The molecule has 0 saturated carbocycles. The van der Waals surface area contributed by atoms with Gasteiger partial charge in [-0.3, -0.25) is 9.59 Å². The number of methoxy groups -OCH3 is 1. The second-order valence-electron chi connectivity index (χ2n) is 6.10. The van der Waals surface area contributed by atoms with Crippen molar-refractivity contribution >= 4 is 17.6 Å². The molecule has 0 spiro atoms. The molecule has 2 N–H and O–H groups in total. The summed E-state index contributed by atoms with van der Waals surface area (Å²) in [5.41, 5.74) is 0.458. The van der Waals surface area contributed by atoms with Gasteiger partial charge >= 0.3 is 0 Å². The van der Waals surface area contributed by atoms with Gasteiger partial charge in [-0.05, 0) is 36.8 Å². The number of aromatic nitrogens is 1. The van der Waals surface area contributed by atoms with Crippen molar-refractivity contribution in [2.45, 2.75) is 12.5 Å². The third-order valence-corrected chi connectivity index (χ3v) is 4.27. The van der Waals surface area contributed by atoms with Gasteiger partial charge in [0.2, 0.25) is 5.91 Å². The lowest BCUT2D eigenvalue weighted by molar-refractivity contribution is -0.120. The van der Waals surface area contributed by atoms with Gasteiger partial charge in [0.15, 0.2) is 0 Å². The van der Waals surface area contributed by atoms with Crippen LogP contribution in [0.15, 0.2) is 48.7 Å².